The zero-order valence-electron chi connectivity index (χ0n) is 24.7. The average molecular weight is 591 g/mol. The molecule has 7 unspecified atom stereocenters. The van der Waals surface area contributed by atoms with Crippen LogP contribution in [0.1, 0.15) is 66.7 Å². The first kappa shape index (κ1) is 35.4. The fourth-order valence-corrected chi connectivity index (χ4v) is 5.88. The second-order valence-corrected chi connectivity index (χ2v) is 11.3. The van der Waals surface area contributed by atoms with E-state index in [1.807, 2.05) is 46.8 Å². The molecular weight excluding hydrogens is 540 g/mol. The maximum absolute atomic E-state index is 12.2. The summed E-state index contributed by atoms with van der Waals surface area (Å²) in [6.45, 7) is 9.25. The van der Waals surface area contributed by atoms with Crippen LogP contribution in [0.3, 0.4) is 0 Å². The fraction of sp³-hybridized carbons (Fsp3) is 0.857. The lowest BCUT2D eigenvalue weighted by atomic mass is 9.71. The highest BCUT2D eigenvalue weighted by atomic mass is 16.7. The minimum Gasteiger partial charge on any atom is -0.479 e. The number of ether oxygens (including phenoxy) is 4. The molecule has 2 saturated heterocycles. The third-order valence-electron chi connectivity index (χ3n) is 8.23. The van der Waals surface area contributed by atoms with Gasteiger partial charge in [0.2, 0.25) is 0 Å². The summed E-state index contributed by atoms with van der Waals surface area (Å²) in [5, 5.41) is 55.5. The van der Waals surface area contributed by atoms with Crippen molar-refractivity contribution in [3.63, 3.8) is 0 Å². The van der Waals surface area contributed by atoms with Crippen molar-refractivity contribution in [2.75, 3.05) is 13.2 Å². The predicted molar refractivity (Wildman–Crippen MR) is 148 cm³/mol. The number of rotatable bonds is 15. The summed E-state index contributed by atoms with van der Waals surface area (Å²) in [7, 11) is 0. The molecule has 13 heteroatoms. The molecule has 2 amide bonds. The van der Waals surface area contributed by atoms with Crippen LogP contribution in [0.4, 0.5) is 4.79 Å². The number of hydrogen-bond acceptors (Lipinski definition) is 10. The van der Waals surface area contributed by atoms with Crippen LogP contribution in [0.5, 0.6) is 0 Å². The summed E-state index contributed by atoms with van der Waals surface area (Å²) < 4.78 is 23.5. The monoisotopic (exact) mass is 590 g/mol. The van der Waals surface area contributed by atoms with Gasteiger partial charge in [-0.3, -0.25) is 0 Å². The van der Waals surface area contributed by atoms with E-state index in [4.69, 9.17) is 24.7 Å². The molecule has 0 spiro atoms. The first-order valence-corrected chi connectivity index (χ1v) is 14.5. The molecule has 2 fully saturated rings. The van der Waals surface area contributed by atoms with Gasteiger partial charge in [0.05, 0.1) is 25.4 Å². The molecule has 238 valence electrons. The van der Waals surface area contributed by atoms with Gasteiger partial charge in [-0.1, -0.05) is 52.7 Å². The smallest absolute Gasteiger partial charge is 0.335 e. The van der Waals surface area contributed by atoms with Crippen molar-refractivity contribution in [3.8, 4) is 0 Å². The van der Waals surface area contributed by atoms with Crippen LogP contribution in [0, 0.1) is 11.3 Å². The lowest BCUT2D eigenvalue weighted by Crippen LogP contribution is -2.70. The summed E-state index contributed by atoms with van der Waals surface area (Å²) in [6.07, 6.45) is -5.67. The van der Waals surface area contributed by atoms with Crippen LogP contribution in [-0.4, -0.2) is 112 Å². The first-order chi connectivity index (χ1) is 19.4. The number of aliphatic hydroxyl groups excluding tert-OH is 4. The van der Waals surface area contributed by atoms with Gasteiger partial charge in [-0.25, -0.2) is 9.59 Å². The Hall–Kier alpha value is -1.84. The predicted octanol–water partition coefficient (Wildman–Crippen LogP) is 0.654. The molecule has 0 radical (unpaired) electrons. The lowest BCUT2D eigenvalue weighted by molar-refractivity contribution is -0.333. The minimum atomic E-state index is -1.77. The van der Waals surface area contributed by atoms with Crippen LogP contribution in [0.2, 0.25) is 0 Å². The number of primary amides is 1. The molecule has 2 rings (SSSR count). The van der Waals surface area contributed by atoms with Gasteiger partial charge >= 0.3 is 12.0 Å². The summed E-state index contributed by atoms with van der Waals surface area (Å²) in [5.74, 6) is -1.47. The number of aliphatic hydroxyl groups is 4. The molecule has 2 aliphatic heterocycles. The topological polar surface area (TPSA) is 210 Å². The Bertz CT molecular complexity index is 861. The molecule has 41 heavy (non-hydrogen) atoms. The Morgan fingerprint density at radius 1 is 1.07 bits per heavy atom. The lowest BCUT2D eigenvalue weighted by Gasteiger charge is -2.52. The molecule has 2 aliphatic rings. The molecule has 0 aromatic heterocycles. The van der Waals surface area contributed by atoms with Gasteiger partial charge in [-0.15, -0.1) is 0 Å². The maximum atomic E-state index is 12.2. The van der Waals surface area contributed by atoms with Crippen molar-refractivity contribution in [2.24, 2.45) is 17.1 Å². The Balaban J connectivity index is 2.38. The van der Waals surface area contributed by atoms with Gasteiger partial charge < -0.3 is 55.5 Å². The maximum Gasteiger partial charge on any atom is 0.335 e. The molecule has 12 atom stereocenters. The van der Waals surface area contributed by atoms with E-state index in [0.717, 1.165) is 19.3 Å². The number of allylic oxidation sites excluding steroid dienone is 1. The zero-order chi connectivity index (χ0) is 30.9. The van der Waals surface area contributed by atoms with Crippen LogP contribution in [-0.2, 0) is 23.7 Å². The van der Waals surface area contributed by atoms with Crippen molar-refractivity contribution < 1.29 is 54.1 Å². The number of nitrogens with one attached hydrogen (secondary N) is 1. The van der Waals surface area contributed by atoms with E-state index in [2.05, 4.69) is 5.32 Å². The molecule has 0 aromatic carbocycles. The minimum absolute atomic E-state index is 0.0286. The van der Waals surface area contributed by atoms with Crippen molar-refractivity contribution in [2.45, 2.75) is 128 Å². The second-order valence-electron chi connectivity index (χ2n) is 11.3. The average Bonchev–Trinajstić information content (AvgIpc) is 2.92. The van der Waals surface area contributed by atoms with Gasteiger partial charge in [-0.05, 0) is 31.6 Å². The normalized spacial score (nSPS) is 36.5. The summed E-state index contributed by atoms with van der Waals surface area (Å²) in [6, 6.07) is -1.99. The highest BCUT2D eigenvalue weighted by molar-refractivity contribution is 5.73. The van der Waals surface area contributed by atoms with Crippen molar-refractivity contribution in [3.05, 3.63) is 12.2 Å². The third kappa shape index (κ3) is 8.60. The van der Waals surface area contributed by atoms with Gasteiger partial charge in [-0.2, -0.15) is 0 Å². The van der Waals surface area contributed by atoms with Crippen LogP contribution in [0.15, 0.2) is 12.2 Å². The molecule has 0 saturated carbocycles. The Labute approximate surface area is 242 Å². The Kier molecular flexibility index (Phi) is 13.9. The SMILES string of the molecule is C/C=C\C(CCC)CO[C@@H]1C(C(=O)O)O[C@@H](OC2C(NC(N)=O)[C@H]([C@@](C)(CC)CCC)OC(CO)[C@H]2O)C(O)C1O. The molecule has 2 heterocycles. The molecule has 8 N–H and O–H groups in total. The van der Waals surface area contributed by atoms with Crippen LogP contribution in [0.25, 0.3) is 0 Å². The number of amides is 2. The molecule has 0 bridgehead atoms. The van der Waals surface area contributed by atoms with Crippen molar-refractivity contribution >= 4 is 12.0 Å². The number of aliphatic carboxylic acids is 1. The third-order valence-corrected chi connectivity index (χ3v) is 8.23. The molecule has 13 nitrogen and oxygen atoms in total. The van der Waals surface area contributed by atoms with E-state index in [-0.39, 0.29) is 12.5 Å². The van der Waals surface area contributed by atoms with E-state index in [0.29, 0.717) is 12.8 Å². The van der Waals surface area contributed by atoms with Gasteiger partial charge in [0.1, 0.15) is 36.6 Å². The van der Waals surface area contributed by atoms with E-state index >= 15 is 0 Å². The first-order valence-electron chi connectivity index (χ1n) is 14.5. The van der Waals surface area contributed by atoms with E-state index in [1.165, 1.54) is 0 Å². The standard InChI is InChI=1S/C28H50N2O11/c1-6-10-15(11-7-2)14-38-22-19(33)20(34)26(41-23(22)25(35)36)40-21-17(30-27(29)37)24(28(5,9-4)12-8-3)39-16(13-31)18(21)32/h6,10,15-24,26,31-34H,7-9,11-14H2,1-5H3,(H,35,36)(H3,29,30,37)/b10-6-/t15?,16?,17?,18-,19?,20?,21?,22+,23?,24-,26-,28+/m1/s1. The van der Waals surface area contributed by atoms with E-state index in [1.54, 1.807) is 0 Å². The molecule has 0 aliphatic carbocycles. The quantitative estimate of drug-likeness (QED) is 0.132. The van der Waals surface area contributed by atoms with Gasteiger partial charge in [0, 0.05) is 5.92 Å². The number of carboxylic acids is 1. The fourth-order valence-electron chi connectivity index (χ4n) is 5.88. The number of urea groups is 1. The molecular formula is C28H50N2O11. The second kappa shape index (κ2) is 16.1. The summed E-state index contributed by atoms with van der Waals surface area (Å²) in [5.41, 5.74) is 4.92. The van der Waals surface area contributed by atoms with Gasteiger partial charge in [0.25, 0.3) is 0 Å². The molecule has 0 aromatic rings. The number of carbonyl (C=O) groups is 2. The van der Waals surface area contributed by atoms with E-state index in [9.17, 15) is 35.1 Å². The van der Waals surface area contributed by atoms with Crippen molar-refractivity contribution in [1.29, 1.82) is 0 Å². The Morgan fingerprint density at radius 2 is 1.76 bits per heavy atom. The number of carboxylic acid groups (broad SMARTS) is 1. The number of nitrogens with two attached hydrogens (primary N) is 1. The Morgan fingerprint density at radius 3 is 2.27 bits per heavy atom. The number of carbonyl (C=O) groups excluding carboxylic acids is 1. The highest BCUT2D eigenvalue weighted by Crippen LogP contribution is 2.41. The largest absolute Gasteiger partial charge is 0.479 e. The van der Waals surface area contributed by atoms with Crippen LogP contribution < -0.4 is 11.1 Å². The van der Waals surface area contributed by atoms with E-state index < -0.39 is 85.2 Å². The van der Waals surface area contributed by atoms with Crippen LogP contribution >= 0.6 is 0 Å². The highest BCUT2D eigenvalue weighted by Gasteiger charge is 2.55. The van der Waals surface area contributed by atoms with Crippen molar-refractivity contribution in [1.82, 2.24) is 5.32 Å². The summed E-state index contributed by atoms with van der Waals surface area (Å²) in [4.78, 5) is 24.2. The summed E-state index contributed by atoms with van der Waals surface area (Å²) >= 11 is 0. The van der Waals surface area contributed by atoms with Gasteiger partial charge in [0.15, 0.2) is 12.4 Å². The number of hydrogen-bond donors (Lipinski definition) is 7. The zero-order valence-corrected chi connectivity index (χ0v) is 24.7.